The Morgan fingerprint density at radius 3 is 2.52 bits per heavy atom. The molecule has 0 atom stereocenters. The van der Waals surface area contributed by atoms with Crippen molar-refractivity contribution < 1.29 is 22.0 Å². The van der Waals surface area contributed by atoms with Gasteiger partial charge in [-0.2, -0.15) is 0 Å². The van der Waals surface area contributed by atoms with Crippen LogP contribution in [-0.2, 0) is 14.8 Å². The highest BCUT2D eigenvalue weighted by molar-refractivity contribution is 9.10. The number of nitrogens with one attached hydrogen (secondary N) is 2. The molecule has 21 heavy (non-hydrogen) atoms. The van der Waals surface area contributed by atoms with Gasteiger partial charge in [-0.1, -0.05) is 6.92 Å². The first-order chi connectivity index (χ1) is 9.77. The van der Waals surface area contributed by atoms with Crippen LogP contribution in [0.3, 0.4) is 0 Å². The molecule has 0 aliphatic rings. The molecule has 1 aromatic rings. The van der Waals surface area contributed by atoms with Gasteiger partial charge in [-0.15, -0.1) is 0 Å². The third-order valence-corrected chi connectivity index (χ3v) is 4.87. The van der Waals surface area contributed by atoms with Crippen LogP contribution in [0.2, 0.25) is 0 Å². The number of benzene rings is 1. The van der Waals surface area contributed by atoms with E-state index < -0.39 is 26.6 Å². The van der Waals surface area contributed by atoms with E-state index in [-0.39, 0.29) is 23.3 Å². The zero-order chi connectivity index (χ0) is 16.0. The number of sulfonamides is 1. The summed E-state index contributed by atoms with van der Waals surface area (Å²) in [5, 5.41) is 2.58. The van der Waals surface area contributed by atoms with E-state index in [1.165, 1.54) is 0 Å². The molecule has 0 saturated carbocycles. The van der Waals surface area contributed by atoms with E-state index in [4.69, 9.17) is 0 Å². The summed E-state index contributed by atoms with van der Waals surface area (Å²) in [6.45, 7) is 2.21. The third kappa shape index (κ3) is 5.33. The van der Waals surface area contributed by atoms with Gasteiger partial charge in [-0.3, -0.25) is 4.79 Å². The summed E-state index contributed by atoms with van der Waals surface area (Å²) in [4.78, 5) is 10.6. The molecule has 1 rings (SSSR count). The fourth-order valence-corrected chi connectivity index (χ4v) is 3.70. The summed E-state index contributed by atoms with van der Waals surface area (Å²) < 4.78 is 52.3. The average molecular weight is 385 g/mol. The minimum absolute atomic E-state index is 0.0698. The fourth-order valence-electron chi connectivity index (χ4n) is 1.51. The second kappa shape index (κ2) is 7.81. The van der Waals surface area contributed by atoms with Gasteiger partial charge in [0.05, 0.1) is 0 Å². The molecule has 0 fully saturated rings. The van der Waals surface area contributed by atoms with Crippen LogP contribution in [-0.4, -0.2) is 27.4 Å². The van der Waals surface area contributed by atoms with E-state index >= 15 is 0 Å². The molecule has 0 aliphatic heterocycles. The van der Waals surface area contributed by atoms with Crippen LogP contribution in [0.5, 0.6) is 0 Å². The lowest BCUT2D eigenvalue weighted by atomic mass is 10.3. The van der Waals surface area contributed by atoms with Gasteiger partial charge in [0.1, 0.15) is 16.5 Å². The van der Waals surface area contributed by atoms with Gasteiger partial charge in [-0.05, 0) is 28.4 Å². The lowest BCUT2D eigenvalue weighted by Gasteiger charge is -2.09. The van der Waals surface area contributed by atoms with Gasteiger partial charge in [0.25, 0.3) is 0 Å². The molecular formula is C12H15BrF2N2O3S. The zero-order valence-corrected chi connectivity index (χ0v) is 13.7. The summed E-state index contributed by atoms with van der Waals surface area (Å²) in [5.41, 5.74) is 0. The average Bonchev–Trinajstić information content (AvgIpc) is 2.34. The molecule has 0 bridgehead atoms. The van der Waals surface area contributed by atoms with Crippen LogP contribution in [0.1, 0.15) is 19.8 Å². The zero-order valence-electron chi connectivity index (χ0n) is 11.3. The van der Waals surface area contributed by atoms with Crippen LogP contribution >= 0.6 is 15.9 Å². The van der Waals surface area contributed by atoms with Crippen LogP contribution in [0.25, 0.3) is 0 Å². The van der Waals surface area contributed by atoms with E-state index in [0.29, 0.717) is 12.6 Å². The van der Waals surface area contributed by atoms with E-state index in [1.54, 1.807) is 0 Å². The second-order valence-electron chi connectivity index (χ2n) is 4.20. The quantitative estimate of drug-likeness (QED) is 0.753. The first-order valence-electron chi connectivity index (χ1n) is 6.19. The Bertz CT molecular complexity index is 600. The predicted molar refractivity (Wildman–Crippen MR) is 77.2 cm³/mol. The highest BCUT2D eigenvalue weighted by atomic mass is 79.9. The van der Waals surface area contributed by atoms with Crippen LogP contribution in [0.4, 0.5) is 8.78 Å². The highest BCUT2D eigenvalue weighted by Gasteiger charge is 2.23. The first-order valence-corrected chi connectivity index (χ1v) is 8.46. The maximum atomic E-state index is 13.6. The molecule has 0 heterocycles. The molecule has 0 saturated heterocycles. The molecule has 1 amide bonds. The molecule has 1 aromatic carbocycles. The van der Waals surface area contributed by atoms with Gasteiger partial charge >= 0.3 is 0 Å². The summed E-state index contributed by atoms with van der Waals surface area (Å²) in [6.07, 6.45) is 0.699. The topological polar surface area (TPSA) is 75.3 Å². The van der Waals surface area contributed by atoms with Crippen LogP contribution < -0.4 is 10.0 Å². The Morgan fingerprint density at radius 2 is 1.95 bits per heavy atom. The Hall–Kier alpha value is -1.06. The molecule has 118 valence electrons. The van der Waals surface area contributed by atoms with Gasteiger partial charge in [0.15, 0.2) is 0 Å². The molecule has 0 spiro atoms. The summed E-state index contributed by atoms with van der Waals surface area (Å²) in [5.74, 6) is -2.40. The van der Waals surface area contributed by atoms with Crippen molar-refractivity contribution in [1.82, 2.24) is 10.0 Å². The predicted octanol–water partition coefficient (Wildman–Crippen LogP) is 1.92. The van der Waals surface area contributed by atoms with Gasteiger partial charge in [0, 0.05) is 30.0 Å². The molecule has 2 N–H and O–H groups in total. The van der Waals surface area contributed by atoms with Crippen molar-refractivity contribution in [3.05, 3.63) is 28.2 Å². The van der Waals surface area contributed by atoms with Gasteiger partial charge in [-0.25, -0.2) is 21.9 Å². The largest absolute Gasteiger partial charge is 0.356 e. The third-order valence-electron chi connectivity index (χ3n) is 2.45. The monoisotopic (exact) mass is 384 g/mol. The summed E-state index contributed by atoms with van der Waals surface area (Å²) in [6, 6.07) is 1.33. The van der Waals surface area contributed by atoms with Crippen molar-refractivity contribution in [2.45, 2.75) is 24.7 Å². The fraction of sp³-hybridized carbons (Fsp3) is 0.417. The molecule has 0 radical (unpaired) electrons. The van der Waals surface area contributed by atoms with Crippen LogP contribution in [0, 0.1) is 11.6 Å². The number of rotatable bonds is 7. The first kappa shape index (κ1) is 18.0. The molecule has 5 nitrogen and oxygen atoms in total. The standard InChI is InChI=1S/C12H15BrF2N2O3S/c1-2-4-16-11(18)3-5-17-21(19,20)12-9(13)6-8(14)7-10(12)15/h6-7,17H,2-5H2,1H3,(H,16,18). The smallest absolute Gasteiger partial charge is 0.244 e. The van der Waals surface area contributed by atoms with E-state index in [1.807, 2.05) is 6.92 Å². The molecule has 0 aliphatic carbocycles. The Balaban J connectivity index is 2.73. The van der Waals surface area contributed by atoms with E-state index in [0.717, 1.165) is 12.5 Å². The summed E-state index contributed by atoms with van der Waals surface area (Å²) >= 11 is 2.81. The van der Waals surface area contributed by atoms with Crippen molar-refractivity contribution in [2.24, 2.45) is 0 Å². The molecule has 0 unspecified atom stereocenters. The van der Waals surface area contributed by atoms with Crippen molar-refractivity contribution in [3.63, 3.8) is 0 Å². The summed E-state index contributed by atoms with van der Waals surface area (Å²) in [7, 11) is -4.17. The van der Waals surface area contributed by atoms with Crippen molar-refractivity contribution in [2.75, 3.05) is 13.1 Å². The molecular weight excluding hydrogens is 370 g/mol. The van der Waals surface area contributed by atoms with E-state index in [2.05, 4.69) is 26.0 Å². The molecule has 0 aromatic heterocycles. The number of carbonyl (C=O) groups excluding carboxylic acids is 1. The minimum Gasteiger partial charge on any atom is -0.356 e. The maximum absolute atomic E-state index is 13.6. The van der Waals surface area contributed by atoms with Gasteiger partial charge < -0.3 is 5.32 Å². The minimum atomic E-state index is -4.17. The second-order valence-corrected chi connectivity index (χ2v) is 6.75. The van der Waals surface area contributed by atoms with E-state index in [9.17, 15) is 22.0 Å². The lowest BCUT2D eigenvalue weighted by molar-refractivity contribution is -0.120. The number of hydrogen-bond donors (Lipinski definition) is 2. The number of carbonyl (C=O) groups is 1. The van der Waals surface area contributed by atoms with Gasteiger partial charge in [0.2, 0.25) is 15.9 Å². The Labute approximate surface area is 130 Å². The van der Waals surface area contributed by atoms with Crippen molar-refractivity contribution >= 4 is 31.9 Å². The van der Waals surface area contributed by atoms with Crippen LogP contribution in [0.15, 0.2) is 21.5 Å². The lowest BCUT2D eigenvalue weighted by Crippen LogP contribution is -2.31. The number of hydrogen-bond acceptors (Lipinski definition) is 3. The van der Waals surface area contributed by atoms with Crippen molar-refractivity contribution in [1.29, 1.82) is 0 Å². The molecule has 9 heteroatoms. The Morgan fingerprint density at radius 1 is 1.29 bits per heavy atom. The SMILES string of the molecule is CCCNC(=O)CCNS(=O)(=O)c1c(F)cc(F)cc1Br. The number of halogens is 3. The normalized spacial score (nSPS) is 11.4. The van der Waals surface area contributed by atoms with Crippen molar-refractivity contribution in [3.8, 4) is 0 Å². The maximum Gasteiger partial charge on any atom is 0.244 e. The Kier molecular flexibility index (Phi) is 6.69. The highest BCUT2D eigenvalue weighted by Crippen LogP contribution is 2.25. The number of amides is 1.